The summed E-state index contributed by atoms with van der Waals surface area (Å²) in [5.41, 5.74) is 4.39. The first-order chi connectivity index (χ1) is 14.5. The molecule has 0 aromatic carbocycles. The van der Waals surface area contributed by atoms with Crippen LogP contribution < -0.4 is 0 Å². The summed E-state index contributed by atoms with van der Waals surface area (Å²) in [7, 11) is 0. The summed E-state index contributed by atoms with van der Waals surface area (Å²) in [6, 6.07) is 3.79. The highest BCUT2D eigenvalue weighted by molar-refractivity contribution is 6.06. The Morgan fingerprint density at radius 2 is 1.90 bits per heavy atom. The van der Waals surface area contributed by atoms with Gasteiger partial charge in [-0.1, -0.05) is 6.92 Å². The van der Waals surface area contributed by atoms with Crippen LogP contribution in [0.3, 0.4) is 0 Å². The lowest BCUT2D eigenvalue weighted by molar-refractivity contribution is -0.141. The molecule has 7 heteroatoms. The molecule has 0 bridgehead atoms. The van der Waals surface area contributed by atoms with Gasteiger partial charge in [0, 0.05) is 29.2 Å². The number of esters is 1. The lowest BCUT2D eigenvalue weighted by atomic mass is 10.0. The first-order valence-electron chi connectivity index (χ1n) is 10.3. The highest BCUT2D eigenvalue weighted by Gasteiger charge is 2.27. The van der Waals surface area contributed by atoms with Crippen LogP contribution in [0, 0.1) is 39.0 Å². The number of nitrogens with zero attached hydrogens (tertiary/aromatic N) is 2. The number of H-pyrrole nitrogens is 1. The molecule has 164 valence electrons. The Morgan fingerprint density at radius 3 is 2.42 bits per heavy atom. The van der Waals surface area contributed by atoms with Gasteiger partial charge >= 0.3 is 5.97 Å². The number of aryl methyl sites for hydroxylation is 2. The molecule has 0 aliphatic rings. The number of hydrogen-bond acceptors (Lipinski definition) is 5. The van der Waals surface area contributed by atoms with Gasteiger partial charge in [-0.15, -0.1) is 0 Å². The van der Waals surface area contributed by atoms with Crippen LogP contribution in [0.4, 0.5) is 0 Å². The molecule has 0 saturated carbocycles. The zero-order valence-corrected chi connectivity index (χ0v) is 19.2. The summed E-state index contributed by atoms with van der Waals surface area (Å²) < 4.78 is 7.42. The minimum absolute atomic E-state index is 0.148. The lowest BCUT2D eigenvalue weighted by Gasteiger charge is -2.12. The van der Waals surface area contributed by atoms with Crippen LogP contribution >= 0.6 is 0 Å². The fourth-order valence-corrected chi connectivity index (χ4v) is 3.84. The maximum atomic E-state index is 12.8. The molecule has 0 saturated heterocycles. The molecular weight excluding hydrogens is 394 g/mol. The van der Waals surface area contributed by atoms with Gasteiger partial charge in [0.15, 0.2) is 11.9 Å². The normalized spacial score (nSPS) is 12.4. The Hall–Kier alpha value is -3.40. The molecule has 1 N–H and O–H groups in total. The highest BCUT2D eigenvalue weighted by Crippen LogP contribution is 2.22. The van der Waals surface area contributed by atoms with Crippen molar-refractivity contribution in [2.45, 2.75) is 67.5 Å². The van der Waals surface area contributed by atoms with Crippen molar-refractivity contribution >= 4 is 23.6 Å². The number of carbonyl (C=O) groups excluding carboxylic acids is 3. The van der Waals surface area contributed by atoms with Gasteiger partial charge in [-0.2, -0.15) is 5.26 Å². The molecule has 0 radical (unpaired) electrons. The third kappa shape index (κ3) is 4.85. The van der Waals surface area contributed by atoms with E-state index in [1.807, 2.05) is 26.0 Å². The van der Waals surface area contributed by atoms with E-state index >= 15 is 0 Å². The summed E-state index contributed by atoms with van der Waals surface area (Å²) in [6.45, 7) is 13.1. The van der Waals surface area contributed by atoms with Gasteiger partial charge in [-0.25, -0.2) is 4.79 Å². The number of hydrogen-bond donors (Lipinski definition) is 1. The minimum Gasteiger partial charge on any atom is -0.450 e. The summed E-state index contributed by atoms with van der Waals surface area (Å²) in [5, 5.41) is 9.49. The fraction of sp³-hybridized carbons (Fsp3) is 0.417. The van der Waals surface area contributed by atoms with Crippen molar-refractivity contribution in [2.75, 3.05) is 0 Å². The number of ketones is 2. The Balaban J connectivity index is 2.25. The second kappa shape index (κ2) is 9.61. The van der Waals surface area contributed by atoms with E-state index in [-0.39, 0.29) is 17.1 Å². The van der Waals surface area contributed by atoms with E-state index in [9.17, 15) is 19.6 Å². The van der Waals surface area contributed by atoms with Crippen molar-refractivity contribution in [3.05, 3.63) is 51.1 Å². The number of nitriles is 1. The lowest BCUT2D eigenvalue weighted by Crippen LogP contribution is -2.26. The average Bonchev–Trinajstić information content (AvgIpc) is 3.14. The number of aromatic amines is 1. The van der Waals surface area contributed by atoms with Gasteiger partial charge in [0.25, 0.3) is 0 Å². The zero-order chi connectivity index (χ0) is 23.5. The number of rotatable bonds is 8. The monoisotopic (exact) mass is 423 g/mol. The summed E-state index contributed by atoms with van der Waals surface area (Å²) in [4.78, 5) is 40.1. The van der Waals surface area contributed by atoms with E-state index in [0.29, 0.717) is 16.8 Å². The van der Waals surface area contributed by atoms with E-state index in [2.05, 4.69) is 16.5 Å². The summed E-state index contributed by atoms with van der Waals surface area (Å²) >= 11 is 0. The first kappa shape index (κ1) is 23.9. The van der Waals surface area contributed by atoms with Gasteiger partial charge in [0.05, 0.1) is 5.69 Å². The third-order valence-corrected chi connectivity index (χ3v) is 5.39. The molecule has 2 rings (SSSR count). The highest BCUT2D eigenvalue weighted by atomic mass is 16.5. The molecule has 2 aromatic rings. The van der Waals surface area contributed by atoms with Crippen LogP contribution in [0.25, 0.3) is 6.08 Å². The number of carbonyl (C=O) groups is 3. The first-order valence-corrected chi connectivity index (χ1v) is 10.3. The quantitative estimate of drug-likeness (QED) is 0.293. The van der Waals surface area contributed by atoms with Crippen LogP contribution in [0.1, 0.15) is 76.2 Å². The van der Waals surface area contributed by atoms with Gasteiger partial charge in [0.1, 0.15) is 11.6 Å². The van der Waals surface area contributed by atoms with Crippen LogP contribution in [-0.2, 0) is 16.1 Å². The van der Waals surface area contributed by atoms with Crippen molar-refractivity contribution in [1.82, 2.24) is 9.55 Å². The summed E-state index contributed by atoms with van der Waals surface area (Å²) in [6.07, 6.45) is 1.34. The van der Waals surface area contributed by atoms with Gasteiger partial charge < -0.3 is 14.3 Å². The van der Waals surface area contributed by atoms with Crippen molar-refractivity contribution in [1.29, 1.82) is 5.26 Å². The molecule has 0 aliphatic carbocycles. The molecule has 1 atom stereocenters. The van der Waals surface area contributed by atoms with Crippen LogP contribution in [0.15, 0.2) is 11.6 Å². The Labute approximate surface area is 182 Å². The van der Waals surface area contributed by atoms with Crippen LogP contribution in [0.2, 0.25) is 0 Å². The van der Waals surface area contributed by atoms with E-state index < -0.39 is 17.9 Å². The minimum atomic E-state index is -1.12. The predicted molar refractivity (Wildman–Crippen MR) is 118 cm³/mol. The Kier molecular flexibility index (Phi) is 7.40. The molecular formula is C24H29N3O4. The van der Waals surface area contributed by atoms with Crippen molar-refractivity contribution in [2.24, 2.45) is 0 Å². The zero-order valence-electron chi connectivity index (χ0n) is 19.2. The molecule has 0 aliphatic heterocycles. The largest absolute Gasteiger partial charge is 0.450 e. The second-order valence-electron chi connectivity index (χ2n) is 7.74. The predicted octanol–water partition coefficient (Wildman–Crippen LogP) is 4.38. The maximum absolute atomic E-state index is 12.8. The molecule has 1 unspecified atom stereocenters. The van der Waals surface area contributed by atoms with E-state index in [4.69, 9.17) is 4.74 Å². The second-order valence-corrected chi connectivity index (χ2v) is 7.74. The maximum Gasteiger partial charge on any atom is 0.349 e. The molecule has 31 heavy (non-hydrogen) atoms. The van der Waals surface area contributed by atoms with E-state index in [0.717, 1.165) is 29.9 Å². The molecule has 0 amide bonds. The third-order valence-electron chi connectivity index (χ3n) is 5.39. The Morgan fingerprint density at radius 1 is 1.26 bits per heavy atom. The van der Waals surface area contributed by atoms with Crippen molar-refractivity contribution in [3.63, 3.8) is 0 Å². The van der Waals surface area contributed by atoms with Crippen LogP contribution in [-0.4, -0.2) is 33.2 Å². The topological polar surface area (TPSA) is 105 Å². The molecule has 0 fully saturated rings. The van der Waals surface area contributed by atoms with Crippen LogP contribution in [0.5, 0.6) is 0 Å². The molecule has 2 heterocycles. The van der Waals surface area contributed by atoms with Crippen molar-refractivity contribution < 1.29 is 19.1 Å². The Bertz CT molecular complexity index is 1110. The SMILES string of the molecule is CCCn1c(C)cc(C=C(C#N)C(=O)OC(C)C(=O)c2[nH]c(C)c(C(C)=O)c2C)c1C. The number of aromatic nitrogens is 2. The van der Waals surface area contributed by atoms with Gasteiger partial charge in [-0.05, 0) is 71.2 Å². The fourth-order valence-electron chi connectivity index (χ4n) is 3.84. The van der Waals surface area contributed by atoms with Gasteiger partial charge in [-0.3, -0.25) is 9.59 Å². The average molecular weight is 424 g/mol. The van der Waals surface area contributed by atoms with Gasteiger partial charge in [0.2, 0.25) is 5.78 Å². The summed E-state index contributed by atoms with van der Waals surface area (Å²) in [5.74, 6) is -1.47. The molecule has 0 spiro atoms. The smallest absolute Gasteiger partial charge is 0.349 e. The van der Waals surface area contributed by atoms with E-state index in [1.165, 1.54) is 19.9 Å². The number of ether oxygens (including phenoxy) is 1. The molecule has 7 nitrogen and oxygen atoms in total. The van der Waals surface area contributed by atoms with E-state index in [1.54, 1.807) is 13.8 Å². The number of Topliss-reactive ketones (excluding diaryl/α,β-unsaturated/α-hetero) is 2. The number of nitrogens with one attached hydrogen (secondary N) is 1. The standard InChI is InChI=1S/C24H29N3O4/c1-8-9-27-13(2)10-19(16(27)5)11-20(12-25)24(30)31-18(7)23(29)22-14(3)21(17(6)28)15(4)26-22/h10-11,18,26H,8-9H2,1-7H3. The molecule has 2 aromatic heterocycles. The van der Waals surface area contributed by atoms with Crippen molar-refractivity contribution in [3.8, 4) is 6.07 Å².